The van der Waals surface area contributed by atoms with Crippen molar-refractivity contribution >= 4 is 11.4 Å². The number of anilines is 1. The number of nitro groups is 1. The SMILES string of the molecule is CNc1cc(CN2CCN(C)C(C)(C)C2)ccc1[N+](=O)[O-]. The molecule has 0 aromatic heterocycles. The number of nitro benzene ring substituents is 1. The normalized spacial score (nSPS) is 19.4. The molecule has 6 heteroatoms. The molecular weight excluding hydrogens is 268 g/mol. The summed E-state index contributed by atoms with van der Waals surface area (Å²) in [6.07, 6.45) is 0. The summed E-state index contributed by atoms with van der Waals surface area (Å²) in [5.74, 6) is 0. The van der Waals surface area contributed by atoms with Gasteiger partial charge in [-0.1, -0.05) is 6.07 Å². The molecule has 1 heterocycles. The molecule has 6 nitrogen and oxygen atoms in total. The van der Waals surface area contributed by atoms with Gasteiger partial charge >= 0.3 is 0 Å². The van der Waals surface area contributed by atoms with E-state index in [0.29, 0.717) is 5.69 Å². The lowest BCUT2D eigenvalue weighted by molar-refractivity contribution is -0.384. The average Bonchev–Trinajstić information content (AvgIpc) is 2.42. The Balaban J connectivity index is 2.12. The van der Waals surface area contributed by atoms with Crippen LogP contribution in [0.25, 0.3) is 0 Å². The zero-order valence-electron chi connectivity index (χ0n) is 13.2. The molecule has 116 valence electrons. The summed E-state index contributed by atoms with van der Waals surface area (Å²) in [6.45, 7) is 8.37. The Morgan fingerprint density at radius 3 is 2.67 bits per heavy atom. The van der Waals surface area contributed by atoms with Crippen molar-refractivity contribution in [2.24, 2.45) is 0 Å². The number of benzene rings is 1. The standard InChI is InChI=1S/C15H24N4O2/c1-15(2)11-18(8-7-17(15)4)10-12-5-6-14(19(20)21)13(9-12)16-3/h5-6,9,16H,7-8,10-11H2,1-4H3. The Hall–Kier alpha value is -1.66. The predicted molar refractivity (Wildman–Crippen MR) is 84.6 cm³/mol. The van der Waals surface area contributed by atoms with Gasteiger partial charge in [0.2, 0.25) is 0 Å². The molecular formula is C15H24N4O2. The van der Waals surface area contributed by atoms with Crippen molar-refractivity contribution in [2.75, 3.05) is 39.0 Å². The van der Waals surface area contributed by atoms with Crippen molar-refractivity contribution in [1.29, 1.82) is 0 Å². The van der Waals surface area contributed by atoms with E-state index in [1.54, 1.807) is 13.1 Å². The minimum atomic E-state index is -0.353. The largest absolute Gasteiger partial charge is 0.383 e. The number of hydrogen-bond donors (Lipinski definition) is 1. The minimum Gasteiger partial charge on any atom is -0.383 e. The van der Waals surface area contributed by atoms with Gasteiger partial charge in [-0.25, -0.2) is 0 Å². The molecule has 1 aromatic carbocycles. The summed E-state index contributed by atoms with van der Waals surface area (Å²) in [5, 5.41) is 13.9. The second-order valence-corrected chi connectivity index (χ2v) is 6.30. The molecule has 1 fully saturated rings. The number of piperazine rings is 1. The molecule has 0 aliphatic carbocycles. The zero-order valence-corrected chi connectivity index (χ0v) is 13.2. The maximum absolute atomic E-state index is 11.0. The van der Waals surface area contributed by atoms with Crippen LogP contribution in [0.2, 0.25) is 0 Å². The Bertz CT molecular complexity index is 530. The fraction of sp³-hybridized carbons (Fsp3) is 0.600. The van der Waals surface area contributed by atoms with Gasteiger partial charge in [0.1, 0.15) is 5.69 Å². The molecule has 1 N–H and O–H groups in total. The molecule has 2 rings (SSSR count). The number of rotatable bonds is 4. The second-order valence-electron chi connectivity index (χ2n) is 6.30. The molecule has 0 amide bonds. The van der Waals surface area contributed by atoms with Gasteiger partial charge in [-0.2, -0.15) is 0 Å². The predicted octanol–water partition coefficient (Wildman–Crippen LogP) is 2.16. The molecule has 0 radical (unpaired) electrons. The van der Waals surface area contributed by atoms with Gasteiger partial charge < -0.3 is 5.32 Å². The Labute approximate surface area is 125 Å². The van der Waals surface area contributed by atoms with Gasteiger partial charge in [-0.3, -0.25) is 19.9 Å². The van der Waals surface area contributed by atoms with Crippen molar-refractivity contribution in [3.63, 3.8) is 0 Å². The molecule has 0 saturated carbocycles. The van der Waals surface area contributed by atoms with Crippen LogP contribution >= 0.6 is 0 Å². The highest BCUT2D eigenvalue weighted by Gasteiger charge is 2.30. The summed E-state index contributed by atoms with van der Waals surface area (Å²) in [5.41, 5.74) is 1.96. The Kier molecular flexibility index (Phi) is 4.49. The first-order valence-corrected chi connectivity index (χ1v) is 7.22. The van der Waals surface area contributed by atoms with Gasteiger partial charge in [0, 0.05) is 44.8 Å². The molecule has 0 spiro atoms. The van der Waals surface area contributed by atoms with Gasteiger partial charge in [0.15, 0.2) is 0 Å². The van der Waals surface area contributed by atoms with Crippen LogP contribution in [0.1, 0.15) is 19.4 Å². The minimum absolute atomic E-state index is 0.125. The average molecular weight is 292 g/mol. The van der Waals surface area contributed by atoms with E-state index in [1.807, 2.05) is 12.1 Å². The monoisotopic (exact) mass is 292 g/mol. The summed E-state index contributed by atoms with van der Waals surface area (Å²) < 4.78 is 0. The Morgan fingerprint density at radius 2 is 2.10 bits per heavy atom. The third-order valence-corrected chi connectivity index (χ3v) is 4.33. The van der Waals surface area contributed by atoms with Crippen LogP contribution in [0.5, 0.6) is 0 Å². The third kappa shape index (κ3) is 3.51. The van der Waals surface area contributed by atoms with Crippen LogP contribution in [0.3, 0.4) is 0 Å². The van der Waals surface area contributed by atoms with Crippen LogP contribution in [-0.2, 0) is 6.54 Å². The van der Waals surface area contributed by atoms with E-state index in [2.05, 4.69) is 36.0 Å². The van der Waals surface area contributed by atoms with Gasteiger partial charge in [-0.15, -0.1) is 0 Å². The van der Waals surface area contributed by atoms with Crippen LogP contribution in [-0.4, -0.2) is 54.0 Å². The molecule has 1 aliphatic rings. The van der Waals surface area contributed by atoms with E-state index >= 15 is 0 Å². The first-order valence-electron chi connectivity index (χ1n) is 7.22. The quantitative estimate of drug-likeness (QED) is 0.680. The zero-order chi connectivity index (χ0) is 15.6. The summed E-state index contributed by atoms with van der Waals surface area (Å²) in [4.78, 5) is 15.4. The summed E-state index contributed by atoms with van der Waals surface area (Å²) in [6, 6.07) is 5.32. The molecule has 0 bridgehead atoms. The van der Waals surface area contributed by atoms with Crippen LogP contribution < -0.4 is 5.32 Å². The van der Waals surface area contributed by atoms with Crippen LogP contribution in [0.4, 0.5) is 11.4 Å². The van der Waals surface area contributed by atoms with E-state index in [4.69, 9.17) is 0 Å². The molecule has 1 aliphatic heterocycles. The van der Waals surface area contributed by atoms with Crippen molar-refractivity contribution < 1.29 is 4.92 Å². The maximum atomic E-state index is 11.0. The molecule has 21 heavy (non-hydrogen) atoms. The van der Waals surface area contributed by atoms with E-state index in [1.165, 1.54) is 0 Å². The molecule has 0 unspecified atom stereocenters. The molecule has 1 aromatic rings. The fourth-order valence-electron chi connectivity index (χ4n) is 2.78. The van der Waals surface area contributed by atoms with Crippen LogP contribution in [0.15, 0.2) is 18.2 Å². The van der Waals surface area contributed by atoms with Gasteiger partial charge in [-0.05, 0) is 32.5 Å². The highest BCUT2D eigenvalue weighted by molar-refractivity contribution is 5.62. The van der Waals surface area contributed by atoms with E-state index in [9.17, 15) is 10.1 Å². The van der Waals surface area contributed by atoms with Crippen molar-refractivity contribution in [2.45, 2.75) is 25.9 Å². The van der Waals surface area contributed by atoms with Crippen molar-refractivity contribution in [3.05, 3.63) is 33.9 Å². The highest BCUT2D eigenvalue weighted by atomic mass is 16.6. The second kappa shape index (κ2) is 5.99. The van der Waals surface area contributed by atoms with Gasteiger partial charge in [0.25, 0.3) is 5.69 Å². The maximum Gasteiger partial charge on any atom is 0.292 e. The first kappa shape index (κ1) is 15.7. The smallest absolute Gasteiger partial charge is 0.292 e. The topological polar surface area (TPSA) is 61.6 Å². The number of likely N-dealkylation sites (N-methyl/N-ethyl adjacent to an activating group) is 1. The van der Waals surface area contributed by atoms with Gasteiger partial charge in [0.05, 0.1) is 4.92 Å². The fourth-order valence-corrected chi connectivity index (χ4v) is 2.78. The Morgan fingerprint density at radius 1 is 1.38 bits per heavy atom. The first-order chi connectivity index (χ1) is 9.83. The van der Waals surface area contributed by atoms with Crippen LogP contribution in [0, 0.1) is 10.1 Å². The van der Waals surface area contributed by atoms with Crippen molar-refractivity contribution in [1.82, 2.24) is 9.80 Å². The number of nitrogens with one attached hydrogen (secondary N) is 1. The highest BCUT2D eigenvalue weighted by Crippen LogP contribution is 2.26. The number of nitrogens with zero attached hydrogens (tertiary/aromatic N) is 3. The van der Waals surface area contributed by atoms with E-state index in [0.717, 1.165) is 31.7 Å². The summed E-state index contributed by atoms with van der Waals surface area (Å²) >= 11 is 0. The summed E-state index contributed by atoms with van der Waals surface area (Å²) in [7, 11) is 3.87. The third-order valence-electron chi connectivity index (χ3n) is 4.33. The van der Waals surface area contributed by atoms with E-state index < -0.39 is 0 Å². The lowest BCUT2D eigenvalue weighted by Crippen LogP contribution is -2.57. The number of hydrogen-bond acceptors (Lipinski definition) is 5. The molecule has 1 saturated heterocycles. The lowest BCUT2D eigenvalue weighted by atomic mass is 9.99. The van der Waals surface area contributed by atoms with E-state index in [-0.39, 0.29) is 16.1 Å². The molecule has 0 atom stereocenters. The van der Waals surface area contributed by atoms with Crippen molar-refractivity contribution in [3.8, 4) is 0 Å². The lowest BCUT2D eigenvalue weighted by Gasteiger charge is -2.45.